The van der Waals surface area contributed by atoms with E-state index >= 15 is 4.39 Å². The lowest BCUT2D eigenvalue weighted by Gasteiger charge is -2.23. The van der Waals surface area contributed by atoms with Crippen LogP contribution in [-0.4, -0.2) is 31.4 Å². The third kappa shape index (κ3) is 4.31. The monoisotopic (exact) mass is 483 g/mol. The van der Waals surface area contributed by atoms with Crippen molar-refractivity contribution in [3.8, 4) is 11.4 Å². The van der Waals surface area contributed by atoms with E-state index in [0.29, 0.717) is 42.8 Å². The number of benzene rings is 2. The number of aromatic nitrogens is 5. The molecule has 0 bridgehead atoms. The van der Waals surface area contributed by atoms with E-state index < -0.39 is 29.2 Å². The Morgan fingerprint density at radius 3 is 2.60 bits per heavy atom. The van der Waals surface area contributed by atoms with E-state index in [2.05, 4.69) is 15.1 Å². The molecule has 1 atom stereocenters. The summed E-state index contributed by atoms with van der Waals surface area (Å²) in [7, 11) is 1.52. The van der Waals surface area contributed by atoms with Crippen LogP contribution in [0, 0.1) is 24.4 Å². The zero-order valence-corrected chi connectivity index (χ0v) is 19.0. The predicted octanol–water partition coefficient (Wildman–Crippen LogP) is 5.59. The second-order valence-corrected chi connectivity index (χ2v) is 8.34. The average molecular weight is 483 g/mol. The Kier molecular flexibility index (Phi) is 5.88. The lowest BCUT2D eigenvalue weighted by molar-refractivity contribution is 0.413. The molecule has 0 saturated carbocycles. The third-order valence-corrected chi connectivity index (χ3v) is 5.97. The van der Waals surface area contributed by atoms with E-state index in [1.165, 1.54) is 17.9 Å². The Balaban J connectivity index is 1.48. The molecule has 0 unspecified atom stereocenters. The first-order valence-corrected chi connectivity index (χ1v) is 11.0. The van der Waals surface area contributed by atoms with Crippen molar-refractivity contribution in [1.29, 1.82) is 0 Å². The van der Waals surface area contributed by atoms with E-state index in [9.17, 15) is 13.2 Å². The van der Waals surface area contributed by atoms with E-state index in [-0.39, 0.29) is 17.2 Å². The lowest BCUT2D eigenvalue weighted by atomic mass is 9.90. The Morgan fingerprint density at radius 2 is 1.91 bits per heavy atom. The van der Waals surface area contributed by atoms with Gasteiger partial charge in [-0.3, -0.25) is 0 Å². The summed E-state index contributed by atoms with van der Waals surface area (Å²) in [4.78, 5) is 8.46. The number of nitrogens with zero attached hydrogens (tertiary/aromatic N) is 5. The lowest BCUT2D eigenvalue weighted by Crippen LogP contribution is -2.20. The van der Waals surface area contributed by atoms with Gasteiger partial charge >= 0.3 is 0 Å². The summed E-state index contributed by atoms with van der Waals surface area (Å²) in [5, 5.41) is 4.21. The summed E-state index contributed by atoms with van der Waals surface area (Å²) in [5.41, 5.74) is 1.81. The summed E-state index contributed by atoms with van der Waals surface area (Å²) >= 11 is 0. The van der Waals surface area contributed by atoms with Gasteiger partial charge in [-0.15, -0.1) is 5.10 Å². The molecule has 0 aliphatic carbocycles. The van der Waals surface area contributed by atoms with Gasteiger partial charge in [-0.2, -0.15) is 0 Å². The fourth-order valence-corrected chi connectivity index (χ4v) is 4.37. The first-order valence-electron chi connectivity index (χ1n) is 11.0. The van der Waals surface area contributed by atoms with Crippen LogP contribution in [-0.2, 0) is 6.54 Å². The number of rotatable bonds is 5. The minimum Gasteiger partial charge on any atom is -0.495 e. The number of hydrogen-bond donors (Lipinski definition) is 0. The van der Waals surface area contributed by atoms with E-state index in [1.54, 1.807) is 29.1 Å². The maximum atomic E-state index is 15.2. The van der Waals surface area contributed by atoms with E-state index in [4.69, 9.17) is 4.74 Å². The van der Waals surface area contributed by atoms with Gasteiger partial charge in [0.2, 0.25) is 5.82 Å². The minimum absolute atomic E-state index is 0.192. The summed E-state index contributed by atoms with van der Waals surface area (Å²) < 4.78 is 66.1. The number of imidazole rings is 1. The molecule has 2 aromatic heterocycles. The topological polar surface area (TPSA) is 57.8 Å². The van der Waals surface area contributed by atoms with Crippen LogP contribution in [0.2, 0.25) is 0 Å². The highest BCUT2D eigenvalue weighted by Crippen LogP contribution is 2.36. The molecule has 4 aromatic rings. The number of hydrogen-bond acceptors (Lipinski definition) is 4. The molecule has 2 aromatic carbocycles. The SMILES string of the molecule is COc1cc(/C=C(\F)c2nc3n(n2)CCC[C@H]3c2c(F)cc(F)cc2F)ccc1-n1cnc(C)c1. The molecule has 3 heterocycles. The van der Waals surface area contributed by atoms with Crippen LogP contribution in [0.3, 0.4) is 0 Å². The molecule has 10 heteroatoms. The van der Waals surface area contributed by atoms with Gasteiger partial charge in [-0.05, 0) is 43.5 Å². The quantitative estimate of drug-likeness (QED) is 0.347. The molecular weight excluding hydrogens is 462 g/mol. The van der Waals surface area contributed by atoms with E-state index in [0.717, 1.165) is 11.4 Å². The highest BCUT2D eigenvalue weighted by Gasteiger charge is 2.31. The first-order chi connectivity index (χ1) is 16.8. The molecule has 35 heavy (non-hydrogen) atoms. The van der Waals surface area contributed by atoms with Gasteiger partial charge in [-0.1, -0.05) is 6.07 Å². The summed E-state index contributed by atoms with van der Waals surface area (Å²) in [6, 6.07) is 6.44. The normalized spacial score (nSPS) is 15.8. The minimum atomic E-state index is -1.000. The molecule has 180 valence electrons. The second-order valence-electron chi connectivity index (χ2n) is 8.34. The molecule has 0 spiro atoms. The van der Waals surface area contributed by atoms with Gasteiger partial charge in [0.05, 0.1) is 24.8 Å². The smallest absolute Gasteiger partial charge is 0.210 e. The molecule has 0 saturated heterocycles. The molecule has 0 N–H and O–H groups in total. The van der Waals surface area contributed by atoms with Crippen LogP contribution in [0.5, 0.6) is 5.75 Å². The van der Waals surface area contributed by atoms with Crippen LogP contribution in [0.4, 0.5) is 17.6 Å². The van der Waals surface area contributed by atoms with Crippen molar-refractivity contribution in [2.75, 3.05) is 7.11 Å². The Bertz CT molecular complexity index is 1420. The number of aryl methyl sites for hydroxylation is 2. The Hall–Kier alpha value is -3.95. The number of ether oxygens (including phenoxy) is 1. The van der Waals surface area contributed by atoms with Crippen LogP contribution in [0.1, 0.15) is 47.2 Å². The molecule has 0 radical (unpaired) electrons. The maximum absolute atomic E-state index is 15.2. The highest BCUT2D eigenvalue weighted by molar-refractivity contribution is 5.75. The van der Waals surface area contributed by atoms with Gasteiger partial charge in [0.1, 0.15) is 29.0 Å². The molecule has 1 aliphatic rings. The summed E-state index contributed by atoms with van der Waals surface area (Å²) in [5.74, 6) is -3.94. The largest absolute Gasteiger partial charge is 0.495 e. The second kappa shape index (κ2) is 9.01. The predicted molar refractivity (Wildman–Crippen MR) is 121 cm³/mol. The molecule has 5 rings (SSSR count). The molecule has 1 aliphatic heterocycles. The zero-order chi connectivity index (χ0) is 24.7. The number of halogens is 4. The van der Waals surface area contributed by atoms with Crippen molar-refractivity contribution in [1.82, 2.24) is 24.3 Å². The van der Waals surface area contributed by atoms with Gasteiger partial charge in [0.25, 0.3) is 0 Å². The van der Waals surface area contributed by atoms with Crippen molar-refractivity contribution in [2.24, 2.45) is 0 Å². The first kappa shape index (κ1) is 22.8. The van der Waals surface area contributed by atoms with E-state index in [1.807, 2.05) is 13.1 Å². The number of methoxy groups -OCH3 is 1. The van der Waals surface area contributed by atoms with Gasteiger partial charge in [0.15, 0.2) is 5.83 Å². The van der Waals surface area contributed by atoms with Crippen molar-refractivity contribution in [3.63, 3.8) is 0 Å². The number of fused-ring (bicyclic) bond motifs is 1. The summed E-state index contributed by atoms with van der Waals surface area (Å²) in [6.45, 7) is 2.31. The average Bonchev–Trinajstić information content (AvgIpc) is 3.45. The molecular formula is C25H21F4N5O. The van der Waals surface area contributed by atoms with Crippen LogP contribution in [0.15, 0.2) is 42.9 Å². The van der Waals surface area contributed by atoms with Crippen molar-refractivity contribution in [3.05, 3.63) is 88.8 Å². The van der Waals surface area contributed by atoms with Gasteiger partial charge < -0.3 is 9.30 Å². The fourth-order valence-electron chi connectivity index (χ4n) is 4.37. The molecule has 0 fully saturated rings. The van der Waals surface area contributed by atoms with Gasteiger partial charge in [-0.25, -0.2) is 32.2 Å². The third-order valence-electron chi connectivity index (χ3n) is 5.97. The zero-order valence-electron chi connectivity index (χ0n) is 19.0. The van der Waals surface area contributed by atoms with Crippen LogP contribution in [0.25, 0.3) is 17.6 Å². The van der Waals surface area contributed by atoms with Crippen molar-refractivity contribution in [2.45, 2.75) is 32.2 Å². The molecule has 6 nitrogen and oxygen atoms in total. The van der Waals surface area contributed by atoms with Crippen molar-refractivity contribution < 1.29 is 22.3 Å². The fraction of sp³-hybridized carbons (Fsp3) is 0.240. The Morgan fingerprint density at radius 1 is 1.14 bits per heavy atom. The maximum Gasteiger partial charge on any atom is 0.210 e. The van der Waals surface area contributed by atoms with Crippen LogP contribution >= 0.6 is 0 Å². The van der Waals surface area contributed by atoms with Crippen LogP contribution < -0.4 is 4.74 Å². The highest BCUT2D eigenvalue weighted by atomic mass is 19.1. The standard InChI is InChI=1S/C25H21F4N5O/c1-14-12-33(13-30-14)21-6-5-15(9-22(21)35-2)8-20(29)24-31-25-17(4-3-7-34(25)32-24)23-18(27)10-16(26)11-19(23)28/h5-6,8-13,17H,3-4,7H2,1-2H3/b20-8-/t17-/m0/s1. The summed E-state index contributed by atoms with van der Waals surface area (Å²) in [6.07, 6.45) is 5.72. The Labute approximate surface area is 198 Å². The van der Waals surface area contributed by atoms with Gasteiger partial charge in [0, 0.05) is 36.4 Å². The molecule has 0 amide bonds. The van der Waals surface area contributed by atoms with Crippen molar-refractivity contribution >= 4 is 11.9 Å².